The minimum absolute atomic E-state index is 0.324. The fraction of sp³-hybridized carbons (Fsp3) is 0.793. The van der Waals surface area contributed by atoms with Crippen LogP contribution in [0.4, 0.5) is 0 Å². The standard InChI is InChI=1S/C29H50B2N6O4/c1-11-24(20-34(9)10)36-18-23(17-32-36)31-40-28(6,7)29(8,41-31)13-15-35-14-12-25(21-35)37-19-22(16-33-37)30-38-26(2,3)27(4,5)39-30/h16-19,24-25H,11-15,20-21H2,1-10H3. The summed E-state index contributed by atoms with van der Waals surface area (Å²) in [6.07, 6.45) is 11.0. The summed E-state index contributed by atoms with van der Waals surface area (Å²) in [5, 5.41) is 9.37. The molecule has 0 bridgehead atoms. The first-order valence-electron chi connectivity index (χ1n) is 15.3. The maximum Gasteiger partial charge on any atom is 0.498 e. The summed E-state index contributed by atoms with van der Waals surface area (Å²) in [7, 11) is 3.40. The van der Waals surface area contributed by atoms with Gasteiger partial charge in [-0.1, -0.05) is 6.92 Å². The number of hydrogen-bond acceptors (Lipinski definition) is 8. The van der Waals surface area contributed by atoms with E-state index >= 15 is 0 Å². The molecule has 3 aliphatic heterocycles. The van der Waals surface area contributed by atoms with Gasteiger partial charge in [-0.3, -0.25) is 9.36 Å². The molecule has 0 amide bonds. The van der Waals surface area contributed by atoms with Crippen molar-refractivity contribution in [3.8, 4) is 0 Å². The number of likely N-dealkylation sites (N-methyl/N-ethyl adjacent to an activating group) is 1. The Morgan fingerprint density at radius 1 is 0.902 bits per heavy atom. The topological polar surface area (TPSA) is 79.0 Å². The van der Waals surface area contributed by atoms with Crippen LogP contribution < -0.4 is 10.9 Å². The van der Waals surface area contributed by atoms with Crippen LogP contribution in [-0.4, -0.2) is 106 Å². The Labute approximate surface area is 247 Å². The Morgan fingerprint density at radius 2 is 1.51 bits per heavy atom. The van der Waals surface area contributed by atoms with Crippen molar-refractivity contribution in [2.24, 2.45) is 0 Å². The second-order valence-electron chi connectivity index (χ2n) is 14.2. The van der Waals surface area contributed by atoms with Crippen LogP contribution in [0.25, 0.3) is 0 Å². The van der Waals surface area contributed by atoms with Gasteiger partial charge >= 0.3 is 14.2 Å². The fourth-order valence-electron chi connectivity index (χ4n) is 6.04. The Bertz CT molecular complexity index is 1180. The zero-order chi connectivity index (χ0) is 29.8. The van der Waals surface area contributed by atoms with Crippen molar-refractivity contribution in [2.45, 2.75) is 109 Å². The van der Waals surface area contributed by atoms with Crippen LogP contribution in [0.5, 0.6) is 0 Å². The molecule has 0 radical (unpaired) electrons. The Hall–Kier alpha value is -1.69. The summed E-state index contributed by atoms with van der Waals surface area (Å²) < 4.78 is 29.8. The molecule has 5 rings (SSSR count). The van der Waals surface area contributed by atoms with Crippen molar-refractivity contribution in [2.75, 3.05) is 40.3 Å². The second-order valence-corrected chi connectivity index (χ2v) is 14.2. The molecule has 3 fully saturated rings. The third kappa shape index (κ3) is 6.06. The van der Waals surface area contributed by atoms with E-state index in [-0.39, 0.29) is 18.3 Å². The number of hydrogen-bond donors (Lipinski definition) is 0. The predicted molar refractivity (Wildman–Crippen MR) is 163 cm³/mol. The van der Waals surface area contributed by atoms with Crippen molar-refractivity contribution < 1.29 is 18.6 Å². The van der Waals surface area contributed by atoms with E-state index in [4.69, 9.17) is 23.7 Å². The lowest BCUT2D eigenvalue weighted by atomic mass is 9.82. The lowest BCUT2D eigenvalue weighted by Gasteiger charge is -2.37. The first kappa shape index (κ1) is 30.8. The van der Waals surface area contributed by atoms with Gasteiger partial charge in [0.15, 0.2) is 0 Å². The molecule has 3 atom stereocenters. The predicted octanol–water partition coefficient (Wildman–Crippen LogP) is 2.51. The monoisotopic (exact) mass is 568 g/mol. The highest BCUT2D eigenvalue weighted by molar-refractivity contribution is 6.62. The van der Waals surface area contributed by atoms with Crippen LogP contribution in [0.1, 0.15) is 86.7 Å². The Morgan fingerprint density at radius 3 is 2.17 bits per heavy atom. The first-order chi connectivity index (χ1) is 19.1. The minimum Gasteiger partial charge on any atom is -0.399 e. The molecule has 3 aliphatic rings. The molecule has 5 heterocycles. The summed E-state index contributed by atoms with van der Waals surface area (Å²) in [5.41, 5.74) is 0.409. The highest BCUT2D eigenvalue weighted by atomic mass is 16.7. The highest BCUT2D eigenvalue weighted by Crippen LogP contribution is 2.40. The third-order valence-corrected chi connectivity index (χ3v) is 10.0. The normalized spacial score (nSPS) is 28.3. The zero-order valence-corrected chi connectivity index (χ0v) is 26.9. The molecule has 2 aromatic heterocycles. The molecule has 0 spiro atoms. The van der Waals surface area contributed by atoms with Crippen molar-refractivity contribution in [1.29, 1.82) is 0 Å². The summed E-state index contributed by atoms with van der Waals surface area (Å²) in [6, 6.07) is 0.658. The Balaban J connectivity index is 1.16. The van der Waals surface area contributed by atoms with Crippen molar-refractivity contribution >= 4 is 25.2 Å². The van der Waals surface area contributed by atoms with E-state index in [9.17, 15) is 0 Å². The van der Waals surface area contributed by atoms with Crippen LogP contribution >= 0.6 is 0 Å². The molecule has 3 saturated heterocycles. The average Bonchev–Trinajstić information content (AvgIpc) is 3.68. The van der Waals surface area contributed by atoms with Crippen molar-refractivity contribution in [1.82, 2.24) is 29.4 Å². The number of rotatable bonds is 10. The van der Waals surface area contributed by atoms with Gasteiger partial charge in [0.25, 0.3) is 0 Å². The number of aromatic nitrogens is 4. The van der Waals surface area contributed by atoms with Crippen LogP contribution in [0.2, 0.25) is 0 Å². The molecular formula is C29H50B2N6O4. The highest BCUT2D eigenvalue weighted by Gasteiger charge is 2.55. The van der Waals surface area contributed by atoms with Crippen LogP contribution in [-0.2, 0) is 18.6 Å². The van der Waals surface area contributed by atoms with Crippen LogP contribution in [0, 0.1) is 0 Å². The first-order valence-corrected chi connectivity index (χ1v) is 15.3. The van der Waals surface area contributed by atoms with Gasteiger partial charge in [-0.05, 0) is 81.8 Å². The van der Waals surface area contributed by atoms with E-state index in [1.54, 1.807) is 0 Å². The van der Waals surface area contributed by atoms with Gasteiger partial charge in [-0.15, -0.1) is 0 Å². The van der Waals surface area contributed by atoms with Gasteiger partial charge in [0.1, 0.15) is 0 Å². The van der Waals surface area contributed by atoms with Crippen molar-refractivity contribution in [3.05, 3.63) is 24.8 Å². The summed E-state index contributed by atoms with van der Waals surface area (Å²) in [6.45, 7) is 20.9. The lowest BCUT2D eigenvalue weighted by Crippen LogP contribution is -2.47. The summed E-state index contributed by atoms with van der Waals surface area (Å²) >= 11 is 0. The fourth-order valence-corrected chi connectivity index (χ4v) is 6.04. The van der Waals surface area contributed by atoms with Gasteiger partial charge in [0.05, 0.1) is 34.5 Å². The van der Waals surface area contributed by atoms with E-state index in [0.29, 0.717) is 12.1 Å². The van der Waals surface area contributed by atoms with Gasteiger partial charge < -0.3 is 28.4 Å². The second kappa shape index (κ2) is 11.1. The maximum atomic E-state index is 6.67. The van der Waals surface area contributed by atoms with Gasteiger partial charge in [0.2, 0.25) is 0 Å². The third-order valence-electron chi connectivity index (χ3n) is 10.0. The van der Waals surface area contributed by atoms with Crippen LogP contribution in [0.15, 0.2) is 24.8 Å². The van der Waals surface area contributed by atoms with Crippen molar-refractivity contribution in [3.63, 3.8) is 0 Å². The quantitative estimate of drug-likeness (QED) is 0.405. The smallest absolute Gasteiger partial charge is 0.399 e. The van der Waals surface area contributed by atoms with E-state index in [2.05, 4.69) is 106 Å². The van der Waals surface area contributed by atoms with Crippen LogP contribution in [0.3, 0.4) is 0 Å². The van der Waals surface area contributed by atoms with Gasteiger partial charge in [0, 0.05) is 61.9 Å². The largest absolute Gasteiger partial charge is 0.498 e. The molecule has 0 aliphatic carbocycles. The summed E-state index contributed by atoms with van der Waals surface area (Å²) in [5.74, 6) is 0. The molecule has 0 saturated carbocycles. The lowest BCUT2D eigenvalue weighted by molar-refractivity contribution is -0.0206. The van der Waals surface area contributed by atoms with E-state index in [0.717, 1.165) is 56.4 Å². The SMILES string of the molecule is CCC(CN(C)C)n1cc(B2OC(C)(C)C(C)(CCN3CCC(n4cc(B5OC(C)(C)C(C)(C)O5)cn4)C3)O2)cn1. The molecule has 2 aromatic rings. The van der Waals surface area contributed by atoms with E-state index in [1.165, 1.54) is 0 Å². The van der Waals surface area contributed by atoms with E-state index < -0.39 is 18.3 Å². The number of likely N-dealkylation sites (tertiary alicyclic amines) is 1. The number of nitrogens with zero attached hydrogens (tertiary/aromatic N) is 6. The van der Waals surface area contributed by atoms with E-state index in [1.807, 2.05) is 12.4 Å². The molecule has 10 nitrogen and oxygen atoms in total. The Kier molecular flexibility index (Phi) is 8.33. The molecule has 226 valence electrons. The molecular weight excluding hydrogens is 518 g/mol. The molecule has 0 aromatic carbocycles. The van der Waals surface area contributed by atoms with Gasteiger partial charge in [-0.25, -0.2) is 0 Å². The molecule has 12 heteroatoms. The molecule has 41 heavy (non-hydrogen) atoms. The maximum absolute atomic E-state index is 6.67. The molecule has 3 unspecified atom stereocenters. The molecule has 0 N–H and O–H groups in total. The van der Waals surface area contributed by atoms with Gasteiger partial charge in [-0.2, -0.15) is 10.2 Å². The minimum atomic E-state index is -0.424. The zero-order valence-electron chi connectivity index (χ0n) is 26.9. The summed E-state index contributed by atoms with van der Waals surface area (Å²) in [4.78, 5) is 4.72. The average molecular weight is 568 g/mol.